The van der Waals surface area contributed by atoms with E-state index in [1.165, 1.54) is 17.0 Å². The number of aromatic nitrogens is 2. The minimum absolute atomic E-state index is 0.267. The number of carbonyl (C=O) groups is 1. The van der Waals surface area contributed by atoms with Gasteiger partial charge in [0.2, 0.25) is 0 Å². The molecular formula is C19H18ClFN4O2. The first kappa shape index (κ1) is 18.8. The molecule has 8 heteroatoms. The van der Waals surface area contributed by atoms with Crippen LogP contribution in [-0.2, 0) is 6.42 Å². The summed E-state index contributed by atoms with van der Waals surface area (Å²) in [6.45, 7) is 2.29. The van der Waals surface area contributed by atoms with Gasteiger partial charge in [-0.15, -0.1) is 0 Å². The number of nitrogens with one attached hydrogen (secondary N) is 1. The van der Waals surface area contributed by atoms with Gasteiger partial charge in [0.15, 0.2) is 5.82 Å². The lowest BCUT2D eigenvalue weighted by Crippen LogP contribution is -2.33. The molecule has 0 saturated heterocycles. The van der Waals surface area contributed by atoms with Gasteiger partial charge < -0.3 is 14.7 Å². The number of hydrogen-bond donors (Lipinski definition) is 1. The molecule has 140 valence electrons. The van der Waals surface area contributed by atoms with Crippen molar-refractivity contribution < 1.29 is 13.7 Å². The summed E-state index contributed by atoms with van der Waals surface area (Å²) in [5.74, 6) is 0.444. The fraction of sp³-hybridized carbons (Fsp3) is 0.211. The second-order valence-electron chi connectivity index (χ2n) is 6.09. The molecule has 3 aromatic rings. The van der Waals surface area contributed by atoms with Crippen LogP contribution in [-0.4, -0.2) is 34.7 Å². The molecule has 0 spiro atoms. The molecule has 2 aromatic carbocycles. The summed E-state index contributed by atoms with van der Waals surface area (Å²) in [5.41, 5.74) is 2.20. The molecule has 0 atom stereocenters. The molecule has 1 N–H and O–H groups in total. The van der Waals surface area contributed by atoms with Crippen molar-refractivity contribution in [1.82, 2.24) is 15.0 Å². The zero-order valence-electron chi connectivity index (χ0n) is 14.9. The lowest BCUT2D eigenvalue weighted by molar-refractivity contribution is 0.222. The molecule has 0 saturated carbocycles. The number of anilines is 1. The van der Waals surface area contributed by atoms with Gasteiger partial charge in [-0.05, 0) is 48.9 Å². The predicted octanol–water partition coefficient (Wildman–Crippen LogP) is 4.54. The van der Waals surface area contributed by atoms with E-state index in [1.54, 1.807) is 31.3 Å². The third-order valence-electron chi connectivity index (χ3n) is 4.00. The Balaban J connectivity index is 1.55. The Morgan fingerprint density at radius 3 is 2.70 bits per heavy atom. The minimum Gasteiger partial charge on any atom is -0.334 e. The summed E-state index contributed by atoms with van der Waals surface area (Å²) in [6.07, 6.45) is 0.420. The van der Waals surface area contributed by atoms with E-state index >= 15 is 0 Å². The fourth-order valence-corrected chi connectivity index (χ4v) is 2.50. The molecule has 3 rings (SSSR count). The standard InChI is InChI=1S/C19H18ClFN4O2/c1-12-3-8-15(11-16(12)20)22-19(26)25(2)10-9-17-23-18(27-24-17)13-4-6-14(21)7-5-13/h3-8,11H,9-10H2,1-2H3,(H,22,26). The molecule has 0 bridgehead atoms. The molecule has 0 aliphatic carbocycles. The van der Waals surface area contributed by atoms with Crippen LogP contribution in [0.5, 0.6) is 0 Å². The monoisotopic (exact) mass is 388 g/mol. The third-order valence-corrected chi connectivity index (χ3v) is 4.41. The number of amides is 2. The van der Waals surface area contributed by atoms with E-state index in [4.69, 9.17) is 16.1 Å². The highest BCUT2D eigenvalue weighted by Gasteiger charge is 2.13. The molecule has 2 amide bonds. The topological polar surface area (TPSA) is 71.3 Å². The molecule has 0 radical (unpaired) electrons. The third kappa shape index (κ3) is 4.83. The van der Waals surface area contributed by atoms with Crippen LogP contribution >= 0.6 is 11.6 Å². The SMILES string of the molecule is Cc1ccc(NC(=O)N(C)CCc2noc(-c3ccc(F)cc3)n2)cc1Cl. The maximum absolute atomic E-state index is 13.0. The minimum atomic E-state index is -0.332. The first-order valence-corrected chi connectivity index (χ1v) is 8.67. The van der Waals surface area contributed by atoms with Crippen LogP contribution in [0.3, 0.4) is 0 Å². The number of nitrogens with zero attached hydrogens (tertiary/aromatic N) is 3. The summed E-state index contributed by atoms with van der Waals surface area (Å²) in [4.78, 5) is 18.0. The first-order chi connectivity index (χ1) is 12.9. The summed E-state index contributed by atoms with van der Waals surface area (Å²) >= 11 is 6.07. The first-order valence-electron chi connectivity index (χ1n) is 8.29. The lowest BCUT2D eigenvalue weighted by atomic mass is 10.2. The Hall–Kier alpha value is -2.93. The van der Waals surface area contributed by atoms with E-state index in [-0.39, 0.29) is 11.8 Å². The Bertz CT molecular complexity index is 943. The van der Waals surface area contributed by atoms with E-state index in [0.717, 1.165) is 5.56 Å². The maximum Gasteiger partial charge on any atom is 0.321 e. The van der Waals surface area contributed by atoms with Gasteiger partial charge in [0.1, 0.15) is 5.82 Å². The highest BCUT2D eigenvalue weighted by molar-refractivity contribution is 6.31. The van der Waals surface area contributed by atoms with E-state index in [1.807, 2.05) is 13.0 Å². The molecule has 1 heterocycles. The summed E-state index contributed by atoms with van der Waals surface area (Å²) < 4.78 is 18.2. The second kappa shape index (κ2) is 8.18. The maximum atomic E-state index is 13.0. The summed E-state index contributed by atoms with van der Waals surface area (Å²) in [6, 6.07) is 10.9. The van der Waals surface area contributed by atoms with Gasteiger partial charge in [0.25, 0.3) is 5.89 Å². The van der Waals surface area contributed by atoms with Crippen molar-refractivity contribution in [3.8, 4) is 11.5 Å². The van der Waals surface area contributed by atoms with Crippen LogP contribution in [0.15, 0.2) is 47.0 Å². The van der Waals surface area contributed by atoms with Crippen molar-refractivity contribution in [3.05, 3.63) is 64.7 Å². The molecule has 0 aliphatic heterocycles. The summed E-state index contributed by atoms with van der Waals surface area (Å²) in [7, 11) is 1.67. The normalized spacial score (nSPS) is 10.7. The highest BCUT2D eigenvalue weighted by atomic mass is 35.5. The van der Waals surface area contributed by atoms with Crippen molar-refractivity contribution in [2.75, 3.05) is 18.9 Å². The highest BCUT2D eigenvalue weighted by Crippen LogP contribution is 2.20. The van der Waals surface area contributed by atoms with Crippen molar-refractivity contribution in [2.24, 2.45) is 0 Å². The fourth-order valence-electron chi connectivity index (χ4n) is 2.32. The van der Waals surface area contributed by atoms with Crippen molar-refractivity contribution in [3.63, 3.8) is 0 Å². The zero-order chi connectivity index (χ0) is 19.4. The zero-order valence-corrected chi connectivity index (χ0v) is 15.6. The van der Waals surface area contributed by atoms with Gasteiger partial charge in [0.05, 0.1) is 0 Å². The summed E-state index contributed by atoms with van der Waals surface area (Å²) in [5, 5.41) is 7.27. The second-order valence-corrected chi connectivity index (χ2v) is 6.50. The molecule has 0 unspecified atom stereocenters. The van der Waals surface area contributed by atoms with Gasteiger partial charge in [-0.25, -0.2) is 9.18 Å². The van der Waals surface area contributed by atoms with E-state index in [0.29, 0.717) is 41.0 Å². The largest absolute Gasteiger partial charge is 0.334 e. The quantitative estimate of drug-likeness (QED) is 0.696. The van der Waals surface area contributed by atoms with Gasteiger partial charge in [-0.2, -0.15) is 4.98 Å². The van der Waals surface area contributed by atoms with Gasteiger partial charge in [-0.1, -0.05) is 22.8 Å². The average molecular weight is 389 g/mol. The molecule has 6 nitrogen and oxygen atoms in total. The number of benzene rings is 2. The van der Waals surface area contributed by atoms with Crippen LogP contribution in [0.2, 0.25) is 5.02 Å². The van der Waals surface area contributed by atoms with Crippen LogP contribution in [0.4, 0.5) is 14.9 Å². The van der Waals surface area contributed by atoms with Crippen LogP contribution < -0.4 is 5.32 Å². The number of halogens is 2. The number of likely N-dealkylation sites (N-methyl/N-ethyl adjacent to an activating group) is 1. The lowest BCUT2D eigenvalue weighted by Gasteiger charge is -2.17. The number of hydrogen-bond acceptors (Lipinski definition) is 4. The number of aryl methyl sites for hydroxylation is 1. The Labute approximate surface area is 160 Å². The average Bonchev–Trinajstić information content (AvgIpc) is 3.12. The van der Waals surface area contributed by atoms with Crippen LogP contribution in [0.25, 0.3) is 11.5 Å². The molecular weight excluding hydrogens is 371 g/mol. The predicted molar refractivity (Wildman–Crippen MR) is 101 cm³/mol. The van der Waals surface area contributed by atoms with Crippen LogP contribution in [0, 0.1) is 12.7 Å². The van der Waals surface area contributed by atoms with E-state index in [2.05, 4.69) is 15.5 Å². The van der Waals surface area contributed by atoms with Crippen molar-refractivity contribution >= 4 is 23.3 Å². The number of carbonyl (C=O) groups excluding carboxylic acids is 1. The van der Waals surface area contributed by atoms with Gasteiger partial charge >= 0.3 is 6.03 Å². The molecule has 1 aromatic heterocycles. The number of rotatable bonds is 5. The Morgan fingerprint density at radius 2 is 2.00 bits per heavy atom. The van der Waals surface area contributed by atoms with Crippen molar-refractivity contribution in [1.29, 1.82) is 0 Å². The van der Waals surface area contributed by atoms with E-state index < -0.39 is 0 Å². The molecule has 27 heavy (non-hydrogen) atoms. The van der Waals surface area contributed by atoms with Gasteiger partial charge in [-0.3, -0.25) is 0 Å². The number of urea groups is 1. The Kier molecular flexibility index (Phi) is 5.71. The van der Waals surface area contributed by atoms with Gasteiger partial charge in [0, 0.05) is 36.3 Å². The molecule has 0 fully saturated rings. The smallest absolute Gasteiger partial charge is 0.321 e. The van der Waals surface area contributed by atoms with Crippen LogP contribution in [0.1, 0.15) is 11.4 Å². The van der Waals surface area contributed by atoms with E-state index in [9.17, 15) is 9.18 Å². The van der Waals surface area contributed by atoms with Crippen molar-refractivity contribution in [2.45, 2.75) is 13.3 Å². The Morgan fingerprint density at radius 1 is 1.26 bits per heavy atom. The molecule has 0 aliphatic rings.